The van der Waals surface area contributed by atoms with Crippen molar-refractivity contribution in [3.05, 3.63) is 29.6 Å². The number of hydrogen-bond donors (Lipinski definition) is 0. The maximum Gasteiger partial charge on any atom is 0.132 e. The molecule has 1 aliphatic carbocycles. The van der Waals surface area contributed by atoms with Crippen LogP contribution in [-0.2, 0) is 4.79 Å². The van der Waals surface area contributed by atoms with E-state index in [1.807, 2.05) is 19.2 Å². The molecule has 0 heterocycles. The number of rotatable bonds is 3. The first-order valence-corrected chi connectivity index (χ1v) is 6.55. The summed E-state index contributed by atoms with van der Waals surface area (Å²) in [6.45, 7) is 2.73. The number of aryl methyl sites for hydroxylation is 1. The van der Waals surface area contributed by atoms with E-state index in [9.17, 15) is 9.18 Å². The molecule has 0 unspecified atom stereocenters. The van der Waals surface area contributed by atoms with E-state index in [2.05, 4.69) is 4.90 Å². The van der Waals surface area contributed by atoms with Gasteiger partial charge in [0.15, 0.2) is 0 Å². The lowest BCUT2D eigenvalue weighted by atomic mass is 9.88. The monoisotopic (exact) mass is 249 g/mol. The van der Waals surface area contributed by atoms with Gasteiger partial charge in [0.2, 0.25) is 0 Å². The van der Waals surface area contributed by atoms with E-state index in [1.165, 1.54) is 6.07 Å². The number of hydrogen-bond acceptors (Lipinski definition) is 2. The summed E-state index contributed by atoms with van der Waals surface area (Å²) < 4.78 is 13.2. The third-order valence-corrected chi connectivity index (χ3v) is 3.78. The Bertz CT molecular complexity index is 434. The van der Waals surface area contributed by atoms with Crippen LogP contribution in [0.25, 0.3) is 0 Å². The van der Waals surface area contributed by atoms with E-state index in [4.69, 9.17) is 0 Å². The normalized spacial score (nSPS) is 16.9. The zero-order valence-electron chi connectivity index (χ0n) is 11.1. The summed E-state index contributed by atoms with van der Waals surface area (Å²) in [4.78, 5) is 13.4. The van der Waals surface area contributed by atoms with Crippen molar-refractivity contribution in [1.82, 2.24) is 0 Å². The minimum absolute atomic E-state index is 0.157. The highest BCUT2D eigenvalue weighted by atomic mass is 19.1. The maximum absolute atomic E-state index is 13.2. The van der Waals surface area contributed by atoms with Gasteiger partial charge >= 0.3 is 0 Å². The van der Waals surface area contributed by atoms with Crippen molar-refractivity contribution in [3.8, 4) is 0 Å². The van der Waals surface area contributed by atoms with Crippen LogP contribution < -0.4 is 4.90 Å². The summed E-state index contributed by atoms with van der Waals surface area (Å²) in [6, 6.07) is 5.21. The molecule has 1 fully saturated rings. The molecule has 0 bridgehead atoms. The Hall–Kier alpha value is -1.38. The molecule has 1 aromatic carbocycles. The van der Waals surface area contributed by atoms with Gasteiger partial charge < -0.3 is 4.90 Å². The Balaban J connectivity index is 1.96. The molecular formula is C15H20FNO. The molecule has 1 saturated carbocycles. The van der Waals surface area contributed by atoms with E-state index < -0.39 is 0 Å². The van der Waals surface area contributed by atoms with Gasteiger partial charge in [-0.25, -0.2) is 4.39 Å². The molecule has 0 spiro atoms. The van der Waals surface area contributed by atoms with Crippen molar-refractivity contribution < 1.29 is 9.18 Å². The third-order valence-electron chi connectivity index (χ3n) is 3.78. The van der Waals surface area contributed by atoms with Gasteiger partial charge in [-0.3, -0.25) is 4.79 Å². The minimum Gasteiger partial charge on any atom is -0.374 e. The molecule has 3 heteroatoms. The van der Waals surface area contributed by atoms with Crippen LogP contribution in [0.4, 0.5) is 10.1 Å². The number of halogens is 1. The highest BCUT2D eigenvalue weighted by Crippen LogP contribution is 2.25. The molecule has 0 aliphatic heterocycles. The lowest BCUT2D eigenvalue weighted by Crippen LogP contribution is -2.28. The molecule has 0 saturated heterocycles. The highest BCUT2D eigenvalue weighted by molar-refractivity contribution is 5.79. The van der Waals surface area contributed by atoms with Gasteiger partial charge in [-0.1, -0.05) is 0 Å². The van der Waals surface area contributed by atoms with Gasteiger partial charge in [-0.05, 0) is 49.4 Å². The lowest BCUT2D eigenvalue weighted by Gasteiger charge is -2.28. The van der Waals surface area contributed by atoms with Crippen molar-refractivity contribution in [1.29, 1.82) is 0 Å². The fraction of sp³-hybridized carbons (Fsp3) is 0.533. The second kappa shape index (κ2) is 5.51. The van der Waals surface area contributed by atoms with Gasteiger partial charge in [-0.15, -0.1) is 0 Å². The molecule has 0 atom stereocenters. The molecule has 0 amide bonds. The van der Waals surface area contributed by atoms with E-state index in [0.717, 1.165) is 37.9 Å². The number of ketones is 1. The van der Waals surface area contributed by atoms with Crippen molar-refractivity contribution in [2.75, 3.05) is 18.5 Å². The van der Waals surface area contributed by atoms with Crippen LogP contribution >= 0.6 is 0 Å². The number of Topliss-reactive ketones (excluding diaryl/α,β-unsaturated/α-hetero) is 1. The van der Waals surface area contributed by atoms with Crippen LogP contribution in [0.2, 0.25) is 0 Å². The van der Waals surface area contributed by atoms with Gasteiger partial charge in [0.25, 0.3) is 0 Å². The van der Waals surface area contributed by atoms with Gasteiger partial charge in [0, 0.05) is 32.1 Å². The summed E-state index contributed by atoms with van der Waals surface area (Å²) >= 11 is 0. The Morgan fingerprint density at radius 1 is 1.33 bits per heavy atom. The average molecular weight is 249 g/mol. The quantitative estimate of drug-likeness (QED) is 0.819. The average Bonchev–Trinajstić information content (AvgIpc) is 2.35. The molecule has 0 aromatic heterocycles. The Morgan fingerprint density at radius 2 is 2.00 bits per heavy atom. The van der Waals surface area contributed by atoms with Crippen LogP contribution in [0.1, 0.15) is 31.2 Å². The number of benzene rings is 1. The lowest BCUT2D eigenvalue weighted by molar-refractivity contribution is -0.120. The number of anilines is 1. The minimum atomic E-state index is -0.157. The topological polar surface area (TPSA) is 20.3 Å². The molecule has 2 nitrogen and oxygen atoms in total. The van der Waals surface area contributed by atoms with Crippen molar-refractivity contribution in [2.24, 2.45) is 5.92 Å². The second-order valence-electron chi connectivity index (χ2n) is 5.30. The SMILES string of the molecule is Cc1cc(N(C)CC2CCC(=O)CC2)ccc1F. The molecule has 0 radical (unpaired) electrons. The van der Waals surface area contributed by atoms with Crippen molar-refractivity contribution >= 4 is 11.5 Å². The fourth-order valence-corrected chi connectivity index (χ4v) is 2.54. The molecule has 1 aliphatic rings. The summed E-state index contributed by atoms with van der Waals surface area (Å²) in [5.74, 6) is 0.819. The first-order valence-electron chi connectivity index (χ1n) is 6.55. The Kier molecular flexibility index (Phi) is 4.00. The van der Waals surface area contributed by atoms with Crippen LogP contribution in [-0.4, -0.2) is 19.4 Å². The number of carbonyl (C=O) groups excluding carboxylic acids is 1. The summed E-state index contributed by atoms with van der Waals surface area (Å²) in [5.41, 5.74) is 1.73. The largest absolute Gasteiger partial charge is 0.374 e. The van der Waals surface area contributed by atoms with Crippen LogP contribution in [0.15, 0.2) is 18.2 Å². The zero-order valence-corrected chi connectivity index (χ0v) is 11.1. The van der Waals surface area contributed by atoms with E-state index in [-0.39, 0.29) is 5.82 Å². The van der Waals surface area contributed by atoms with E-state index >= 15 is 0 Å². The predicted octanol–water partition coefficient (Wildman–Crippen LogP) is 3.33. The maximum atomic E-state index is 13.2. The van der Waals surface area contributed by atoms with E-state index in [1.54, 1.807) is 6.92 Å². The molecular weight excluding hydrogens is 229 g/mol. The summed E-state index contributed by atoms with van der Waals surface area (Å²) in [7, 11) is 2.03. The van der Waals surface area contributed by atoms with E-state index in [0.29, 0.717) is 17.3 Å². The molecule has 1 aromatic rings. The van der Waals surface area contributed by atoms with Crippen LogP contribution in [0.5, 0.6) is 0 Å². The van der Waals surface area contributed by atoms with Gasteiger partial charge in [0.05, 0.1) is 0 Å². The Morgan fingerprint density at radius 3 is 2.61 bits per heavy atom. The van der Waals surface area contributed by atoms with Gasteiger partial charge in [0.1, 0.15) is 11.6 Å². The molecule has 98 valence electrons. The molecule has 2 rings (SSSR count). The highest BCUT2D eigenvalue weighted by Gasteiger charge is 2.20. The number of carbonyl (C=O) groups is 1. The van der Waals surface area contributed by atoms with Gasteiger partial charge in [-0.2, -0.15) is 0 Å². The molecule has 18 heavy (non-hydrogen) atoms. The smallest absolute Gasteiger partial charge is 0.132 e. The van der Waals surface area contributed by atoms with Crippen molar-refractivity contribution in [2.45, 2.75) is 32.6 Å². The summed E-state index contributed by atoms with van der Waals surface area (Å²) in [5, 5.41) is 0. The zero-order chi connectivity index (χ0) is 13.1. The standard InChI is InChI=1S/C15H20FNO/c1-11-9-13(5-8-15(11)16)17(2)10-12-3-6-14(18)7-4-12/h5,8-9,12H,3-4,6-7,10H2,1-2H3. The third kappa shape index (κ3) is 3.09. The second-order valence-corrected chi connectivity index (χ2v) is 5.30. The first-order chi connectivity index (χ1) is 8.56. The van der Waals surface area contributed by atoms with Crippen LogP contribution in [0, 0.1) is 18.7 Å². The summed E-state index contributed by atoms with van der Waals surface area (Å²) in [6.07, 6.45) is 3.43. The predicted molar refractivity (Wildman–Crippen MR) is 71.4 cm³/mol. The van der Waals surface area contributed by atoms with Crippen molar-refractivity contribution in [3.63, 3.8) is 0 Å². The fourth-order valence-electron chi connectivity index (χ4n) is 2.54. The number of nitrogens with zero attached hydrogens (tertiary/aromatic N) is 1. The Labute approximate surface area is 108 Å². The van der Waals surface area contributed by atoms with Crippen LogP contribution in [0.3, 0.4) is 0 Å². The molecule has 0 N–H and O–H groups in total. The first kappa shape index (κ1) is 13.1.